The summed E-state index contributed by atoms with van der Waals surface area (Å²) < 4.78 is 26.0. The molecule has 1 N–H and O–H groups in total. The van der Waals surface area contributed by atoms with Gasteiger partial charge in [0.15, 0.2) is 0 Å². The normalized spacial score (nSPS) is 13.9. The molecule has 1 rings (SSSR count). The molecule has 4 heteroatoms. The predicted octanol–water partition coefficient (Wildman–Crippen LogP) is 3.53. The van der Waals surface area contributed by atoms with Gasteiger partial charge in [-0.1, -0.05) is 26.8 Å². The number of thioether (sulfide) groups is 1. The highest BCUT2D eigenvalue weighted by Crippen LogP contribution is 2.29. The summed E-state index contributed by atoms with van der Waals surface area (Å²) in [5.74, 6) is -0.926. The van der Waals surface area contributed by atoms with E-state index in [9.17, 15) is 13.9 Å². The van der Waals surface area contributed by atoms with E-state index in [1.807, 2.05) is 20.8 Å². The minimum Gasteiger partial charge on any atom is -0.387 e. The Labute approximate surface area is 98.9 Å². The molecule has 90 valence electrons. The van der Waals surface area contributed by atoms with Crippen LogP contribution in [-0.4, -0.2) is 15.6 Å². The smallest absolute Gasteiger partial charge is 0.131 e. The summed E-state index contributed by atoms with van der Waals surface area (Å²) in [5, 5.41) is 9.77. The zero-order valence-electron chi connectivity index (χ0n) is 9.63. The van der Waals surface area contributed by atoms with Gasteiger partial charge in [-0.3, -0.25) is 0 Å². The van der Waals surface area contributed by atoms with Crippen LogP contribution < -0.4 is 0 Å². The first kappa shape index (κ1) is 13.5. The Kier molecular flexibility index (Phi) is 4.33. The molecule has 1 unspecified atom stereocenters. The zero-order valence-corrected chi connectivity index (χ0v) is 10.4. The van der Waals surface area contributed by atoms with Crippen LogP contribution in [-0.2, 0) is 0 Å². The largest absolute Gasteiger partial charge is 0.387 e. The molecule has 0 saturated carbocycles. The maximum atomic E-state index is 13.3. The van der Waals surface area contributed by atoms with Crippen LogP contribution in [0.4, 0.5) is 8.78 Å². The number of benzene rings is 1. The second-order valence-corrected chi connectivity index (χ2v) is 6.45. The number of rotatable bonds is 3. The molecular formula is C12H16F2OS. The fourth-order valence-electron chi connectivity index (χ4n) is 1.19. The number of halogens is 2. The van der Waals surface area contributed by atoms with Crippen LogP contribution >= 0.6 is 11.8 Å². The average Bonchev–Trinajstić information content (AvgIpc) is 2.13. The summed E-state index contributed by atoms with van der Waals surface area (Å²) in [6.45, 7) is 6.06. The molecule has 16 heavy (non-hydrogen) atoms. The quantitative estimate of drug-likeness (QED) is 0.880. The van der Waals surface area contributed by atoms with Crippen molar-refractivity contribution in [2.75, 3.05) is 5.75 Å². The first-order chi connectivity index (χ1) is 7.29. The number of hydrogen-bond acceptors (Lipinski definition) is 2. The van der Waals surface area contributed by atoms with Gasteiger partial charge in [0.05, 0.1) is 6.10 Å². The van der Waals surface area contributed by atoms with E-state index in [4.69, 9.17) is 0 Å². The van der Waals surface area contributed by atoms with Crippen molar-refractivity contribution < 1.29 is 13.9 Å². The third-order valence-electron chi connectivity index (χ3n) is 2.00. The lowest BCUT2D eigenvalue weighted by molar-refractivity contribution is 0.198. The lowest BCUT2D eigenvalue weighted by Gasteiger charge is -2.20. The van der Waals surface area contributed by atoms with E-state index in [0.29, 0.717) is 5.75 Å². The Morgan fingerprint density at radius 1 is 1.31 bits per heavy atom. The van der Waals surface area contributed by atoms with Crippen LogP contribution in [0.1, 0.15) is 32.4 Å². The molecule has 0 amide bonds. The highest BCUT2D eigenvalue weighted by atomic mass is 32.2. The number of hydrogen-bond donors (Lipinski definition) is 1. The van der Waals surface area contributed by atoms with Gasteiger partial charge in [0.2, 0.25) is 0 Å². The van der Waals surface area contributed by atoms with Gasteiger partial charge in [0.25, 0.3) is 0 Å². The van der Waals surface area contributed by atoms with Crippen molar-refractivity contribution in [3.05, 3.63) is 35.4 Å². The van der Waals surface area contributed by atoms with E-state index < -0.39 is 17.7 Å². The Balaban J connectivity index is 2.70. The Morgan fingerprint density at radius 3 is 2.44 bits per heavy atom. The number of aliphatic hydroxyl groups is 1. The summed E-state index contributed by atoms with van der Waals surface area (Å²) in [7, 11) is 0. The molecule has 0 radical (unpaired) electrons. The van der Waals surface area contributed by atoms with Crippen LogP contribution in [0.5, 0.6) is 0 Å². The third kappa shape index (κ3) is 4.10. The average molecular weight is 246 g/mol. The molecule has 0 spiro atoms. The second kappa shape index (κ2) is 5.15. The maximum absolute atomic E-state index is 13.3. The van der Waals surface area contributed by atoms with E-state index in [1.165, 1.54) is 17.8 Å². The van der Waals surface area contributed by atoms with E-state index in [2.05, 4.69) is 0 Å². The molecule has 0 aromatic heterocycles. The standard InChI is InChI=1S/C12H16F2OS/c1-12(2,3)16-7-11(15)9-5-4-8(13)6-10(9)14/h4-6,11,15H,7H2,1-3H3. The molecule has 1 nitrogen and oxygen atoms in total. The van der Waals surface area contributed by atoms with E-state index in [-0.39, 0.29) is 10.3 Å². The lowest BCUT2D eigenvalue weighted by atomic mass is 10.1. The molecule has 0 bridgehead atoms. The van der Waals surface area contributed by atoms with Crippen molar-refractivity contribution in [1.29, 1.82) is 0 Å². The maximum Gasteiger partial charge on any atom is 0.131 e. The molecule has 0 fully saturated rings. The third-order valence-corrected chi connectivity index (χ3v) is 3.34. The van der Waals surface area contributed by atoms with Gasteiger partial charge in [-0.2, -0.15) is 11.8 Å². The molecular weight excluding hydrogens is 230 g/mol. The molecule has 0 aliphatic heterocycles. The van der Waals surface area contributed by atoms with Crippen molar-refractivity contribution in [1.82, 2.24) is 0 Å². The first-order valence-electron chi connectivity index (χ1n) is 5.06. The summed E-state index contributed by atoms with van der Waals surface area (Å²) in [6, 6.07) is 3.24. The van der Waals surface area contributed by atoms with E-state index in [1.54, 1.807) is 0 Å². The van der Waals surface area contributed by atoms with Gasteiger partial charge in [-0.15, -0.1) is 0 Å². The van der Waals surface area contributed by atoms with Crippen molar-refractivity contribution in [2.24, 2.45) is 0 Å². The monoisotopic (exact) mass is 246 g/mol. The van der Waals surface area contributed by atoms with Crippen LogP contribution in [0, 0.1) is 11.6 Å². The summed E-state index contributed by atoms with van der Waals surface area (Å²) in [4.78, 5) is 0. The highest BCUT2D eigenvalue weighted by Gasteiger charge is 2.17. The Bertz CT molecular complexity index is 361. The van der Waals surface area contributed by atoms with Gasteiger partial charge in [0.1, 0.15) is 11.6 Å². The molecule has 1 aromatic carbocycles. The van der Waals surface area contributed by atoms with Gasteiger partial charge in [0, 0.05) is 22.1 Å². The highest BCUT2D eigenvalue weighted by molar-refractivity contribution is 8.00. The topological polar surface area (TPSA) is 20.2 Å². The van der Waals surface area contributed by atoms with Gasteiger partial charge in [-0.25, -0.2) is 8.78 Å². The molecule has 1 aromatic rings. The van der Waals surface area contributed by atoms with Gasteiger partial charge < -0.3 is 5.11 Å². The predicted molar refractivity (Wildman–Crippen MR) is 63.5 cm³/mol. The Morgan fingerprint density at radius 2 is 1.94 bits per heavy atom. The van der Waals surface area contributed by atoms with Crippen molar-refractivity contribution >= 4 is 11.8 Å². The summed E-state index contributed by atoms with van der Waals surface area (Å²) in [6.07, 6.45) is -0.898. The molecule has 0 aliphatic rings. The minimum absolute atomic E-state index is 0.0114. The summed E-state index contributed by atoms with van der Waals surface area (Å²) in [5.41, 5.74) is 0.151. The van der Waals surface area contributed by atoms with Crippen molar-refractivity contribution in [2.45, 2.75) is 31.6 Å². The van der Waals surface area contributed by atoms with E-state index in [0.717, 1.165) is 12.1 Å². The SMILES string of the molecule is CC(C)(C)SCC(O)c1ccc(F)cc1F. The molecule has 0 heterocycles. The van der Waals surface area contributed by atoms with Crippen molar-refractivity contribution in [3.8, 4) is 0 Å². The molecule has 0 saturated heterocycles. The minimum atomic E-state index is -0.898. The zero-order chi connectivity index (χ0) is 12.3. The van der Waals surface area contributed by atoms with Crippen LogP contribution in [0.15, 0.2) is 18.2 Å². The van der Waals surface area contributed by atoms with Crippen LogP contribution in [0.3, 0.4) is 0 Å². The van der Waals surface area contributed by atoms with Crippen molar-refractivity contribution in [3.63, 3.8) is 0 Å². The van der Waals surface area contributed by atoms with Crippen LogP contribution in [0.25, 0.3) is 0 Å². The first-order valence-corrected chi connectivity index (χ1v) is 6.05. The van der Waals surface area contributed by atoms with Crippen LogP contribution in [0.2, 0.25) is 0 Å². The molecule has 0 aliphatic carbocycles. The molecule has 1 atom stereocenters. The second-order valence-electron chi connectivity index (χ2n) is 4.61. The van der Waals surface area contributed by atoms with Gasteiger partial charge in [-0.05, 0) is 6.07 Å². The lowest BCUT2D eigenvalue weighted by Crippen LogP contribution is -2.13. The number of aliphatic hydroxyl groups excluding tert-OH is 1. The fourth-order valence-corrected chi connectivity index (χ4v) is 2.03. The Hall–Kier alpha value is -0.610. The van der Waals surface area contributed by atoms with E-state index >= 15 is 0 Å². The van der Waals surface area contributed by atoms with Gasteiger partial charge >= 0.3 is 0 Å². The summed E-state index contributed by atoms with van der Waals surface area (Å²) >= 11 is 1.54. The fraction of sp³-hybridized carbons (Fsp3) is 0.500.